The molecule has 0 aliphatic carbocycles. The molecule has 7 heteroatoms. The van der Waals surface area contributed by atoms with Gasteiger partial charge in [0.25, 0.3) is 0 Å². The third kappa shape index (κ3) is 4.32. The van der Waals surface area contributed by atoms with Gasteiger partial charge >= 0.3 is 0 Å². The van der Waals surface area contributed by atoms with E-state index < -0.39 is 0 Å². The second-order valence-electron chi connectivity index (χ2n) is 6.76. The first kappa shape index (κ1) is 19.0. The van der Waals surface area contributed by atoms with Crippen molar-refractivity contribution in [1.82, 2.24) is 19.7 Å². The molecule has 6 nitrogen and oxygen atoms in total. The fourth-order valence-corrected chi connectivity index (χ4v) is 4.03. The van der Waals surface area contributed by atoms with E-state index in [-0.39, 0.29) is 0 Å². The molecule has 0 amide bonds. The standard InChI is InChI=1S/C19H28N4O2S/c1-22-18(20-21-19(22)26-4)11-14-7-9-23(10-8-14)13-15-5-6-16(24-2)12-17(15)25-3/h5-6,12,14H,7-11,13H2,1-4H3. The lowest BCUT2D eigenvalue weighted by Crippen LogP contribution is -2.34. The molecule has 0 unspecified atom stereocenters. The van der Waals surface area contributed by atoms with Crippen molar-refractivity contribution in [1.29, 1.82) is 0 Å². The Kier molecular flexibility index (Phi) is 6.43. The van der Waals surface area contributed by atoms with E-state index in [2.05, 4.69) is 32.8 Å². The molecule has 142 valence electrons. The summed E-state index contributed by atoms with van der Waals surface area (Å²) in [6, 6.07) is 6.06. The summed E-state index contributed by atoms with van der Waals surface area (Å²) >= 11 is 1.65. The minimum Gasteiger partial charge on any atom is -0.497 e. The number of ether oxygens (including phenoxy) is 2. The van der Waals surface area contributed by atoms with Crippen LogP contribution in [0.1, 0.15) is 24.2 Å². The zero-order valence-electron chi connectivity index (χ0n) is 16.1. The smallest absolute Gasteiger partial charge is 0.190 e. The molecule has 0 atom stereocenters. The van der Waals surface area contributed by atoms with E-state index >= 15 is 0 Å². The highest BCUT2D eigenvalue weighted by molar-refractivity contribution is 7.98. The first-order valence-corrected chi connectivity index (χ1v) is 10.2. The van der Waals surface area contributed by atoms with Crippen LogP contribution in [0, 0.1) is 5.92 Å². The van der Waals surface area contributed by atoms with E-state index in [1.54, 1.807) is 26.0 Å². The molecule has 0 saturated carbocycles. The number of nitrogens with zero attached hydrogens (tertiary/aromatic N) is 4. The second-order valence-corrected chi connectivity index (χ2v) is 7.54. The lowest BCUT2D eigenvalue weighted by Gasteiger charge is -2.32. The van der Waals surface area contributed by atoms with Crippen LogP contribution < -0.4 is 9.47 Å². The van der Waals surface area contributed by atoms with E-state index in [9.17, 15) is 0 Å². The van der Waals surface area contributed by atoms with Crippen LogP contribution in [0.5, 0.6) is 11.5 Å². The summed E-state index contributed by atoms with van der Waals surface area (Å²) in [5, 5.41) is 9.59. The summed E-state index contributed by atoms with van der Waals surface area (Å²) < 4.78 is 12.9. The molecular weight excluding hydrogens is 348 g/mol. The molecule has 1 aliphatic rings. The van der Waals surface area contributed by atoms with E-state index in [4.69, 9.17) is 9.47 Å². The Morgan fingerprint density at radius 1 is 1.15 bits per heavy atom. The minimum absolute atomic E-state index is 0.682. The monoisotopic (exact) mass is 376 g/mol. The van der Waals surface area contributed by atoms with Gasteiger partial charge in [0, 0.05) is 31.6 Å². The van der Waals surface area contributed by atoms with Gasteiger partial charge in [-0.2, -0.15) is 0 Å². The number of rotatable bonds is 7. The maximum atomic E-state index is 5.53. The zero-order valence-corrected chi connectivity index (χ0v) is 16.9. The molecule has 2 aromatic rings. The fourth-order valence-electron chi connectivity index (χ4n) is 3.53. The zero-order chi connectivity index (χ0) is 18.5. The molecule has 0 radical (unpaired) electrons. The van der Waals surface area contributed by atoms with E-state index in [1.165, 1.54) is 18.4 Å². The highest BCUT2D eigenvalue weighted by atomic mass is 32.2. The van der Waals surface area contributed by atoms with E-state index in [1.807, 2.05) is 18.4 Å². The van der Waals surface area contributed by atoms with Crippen molar-refractivity contribution >= 4 is 11.8 Å². The average molecular weight is 377 g/mol. The average Bonchev–Trinajstić information content (AvgIpc) is 3.03. The third-order valence-corrected chi connectivity index (χ3v) is 5.89. The fraction of sp³-hybridized carbons (Fsp3) is 0.579. The molecule has 3 rings (SSSR count). The summed E-state index contributed by atoms with van der Waals surface area (Å²) in [6.07, 6.45) is 5.45. The highest BCUT2D eigenvalue weighted by Gasteiger charge is 2.22. The Morgan fingerprint density at radius 3 is 2.54 bits per heavy atom. The van der Waals surface area contributed by atoms with Crippen molar-refractivity contribution in [2.24, 2.45) is 13.0 Å². The van der Waals surface area contributed by atoms with Crippen molar-refractivity contribution in [3.63, 3.8) is 0 Å². The van der Waals surface area contributed by atoms with Crippen LogP contribution in [0.3, 0.4) is 0 Å². The Labute approximate surface area is 159 Å². The van der Waals surface area contributed by atoms with Gasteiger partial charge in [0.15, 0.2) is 5.16 Å². The van der Waals surface area contributed by atoms with Crippen LogP contribution in [0.4, 0.5) is 0 Å². The van der Waals surface area contributed by atoms with Gasteiger partial charge in [-0.1, -0.05) is 17.8 Å². The molecular formula is C19H28N4O2S. The van der Waals surface area contributed by atoms with Crippen LogP contribution in [-0.4, -0.2) is 53.2 Å². The quantitative estimate of drug-likeness (QED) is 0.693. The van der Waals surface area contributed by atoms with Gasteiger partial charge in [0.05, 0.1) is 14.2 Å². The lowest BCUT2D eigenvalue weighted by molar-refractivity contribution is 0.174. The van der Waals surface area contributed by atoms with Crippen LogP contribution in [0.25, 0.3) is 0 Å². The van der Waals surface area contributed by atoms with Crippen LogP contribution in [0.15, 0.2) is 23.4 Å². The molecule has 1 aromatic heterocycles. The molecule has 1 saturated heterocycles. The Morgan fingerprint density at radius 2 is 1.92 bits per heavy atom. The van der Waals surface area contributed by atoms with Crippen molar-refractivity contribution in [2.45, 2.75) is 31.0 Å². The number of methoxy groups -OCH3 is 2. The van der Waals surface area contributed by atoms with Crippen LogP contribution in [-0.2, 0) is 20.0 Å². The van der Waals surface area contributed by atoms with Crippen LogP contribution in [0.2, 0.25) is 0 Å². The summed E-state index contributed by atoms with van der Waals surface area (Å²) in [4.78, 5) is 2.50. The summed E-state index contributed by atoms with van der Waals surface area (Å²) in [7, 11) is 5.46. The molecule has 0 spiro atoms. The number of thioether (sulfide) groups is 1. The Bertz CT molecular complexity index is 726. The SMILES string of the molecule is COc1ccc(CN2CCC(Cc3nnc(SC)n3C)CC2)c(OC)c1. The maximum Gasteiger partial charge on any atom is 0.190 e. The second kappa shape index (κ2) is 8.77. The Balaban J connectivity index is 1.54. The van der Waals surface area contributed by atoms with Gasteiger partial charge in [-0.15, -0.1) is 10.2 Å². The molecule has 0 bridgehead atoms. The molecule has 1 fully saturated rings. The molecule has 1 aromatic carbocycles. The van der Waals surface area contributed by atoms with Gasteiger partial charge in [-0.05, 0) is 44.2 Å². The summed E-state index contributed by atoms with van der Waals surface area (Å²) in [5.74, 6) is 3.51. The number of benzene rings is 1. The largest absolute Gasteiger partial charge is 0.497 e. The van der Waals surface area contributed by atoms with Crippen molar-refractivity contribution in [3.05, 3.63) is 29.6 Å². The third-order valence-electron chi connectivity index (χ3n) is 5.17. The highest BCUT2D eigenvalue weighted by Crippen LogP contribution is 2.28. The number of likely N-dealkylation sites (tertiary alicyclic amines) is 1. The van der Waals surface area contributed by atoms with Gasteiger partial charge < -0.3 is 14.0 Å². The first-order chi connectivity index (χ1) is 12.6. The van der Waals surface area contributed by atoms with Gasteiger partial charge in [-0.3, -0.25) is 4.90 Å². The predicted molar refractivity (Wildman–Crippen MR) is 104 cm³/mol. The Hall–Kier alpha value is -1.73. The van der Waals surface area contributed by atoms with Crippen molar-refractivity contribution in [3.8, 4) is 11.5 Å². The van der Waals surface area contributed by atoms with Crippen molar-refractivity contribution < 1.29 is 9.47 Å². The van der Waals surface area contributed by atoms with Gasteiger partial charge in [0.2, 0.25) is 0 Å². The van der Waals surface area contributed by atoms with Gasteiger partial charge in [-0.25, -0.2) is 0 Å². The number of aromatic nitrogens is 3. The van der Waals surface area contributed by atoms with E-state index in [0.717, 1.165) is 48.5 Å². The summed E-state index contributed by atoms with van der Waals surface area (Å²) in [6.45, 7) is 3.13. The lowest BCUT2D eigenvalue weighted by atomic mass is 9.93. The number of hydrogen-bond acceptors (Lipinski definition) is 6. The molecule has 1 aliphatic heterocycles. The van der Waals surface area contributed by atoms with E-state index in [0.29, 0.717) is 5.92 Å². The number of piperidine rings is 1. The normalized spacial score (nSPS) is 16.0. The molecule has 0 N–H and O–H groups in total. The van der Waals surface area contributed by atoms with Gasteiger partial charge in [0.1, 0.15) is 17.3 Å². The van der Waals surface area contributed by atoms with Crippen molar-refractivity contribution in [2.75, 3.05) is 33.6 Å². The number of hydrogen-bond donors (Lipinski definition) is 0. The predicted octanol–water partition coefficient (Wildman–Crippen LogP) is 3.01. The maximum absolute atomic E-state index is 5.53. The summed E-state index contributed by atoms with van der Waals surface area (Å²) in [5.41, 5.74) is 1.21. The molecule has 2 heterocycles. The first-order valence-electron chi connectivity index (χ1n) is 9.00. The van der Waals surface area contributed by atoms with Crippen LogP contribution >= 0.6 is 11.8 Å². The molecule has 26 heavy (non-hydrogen) atoms. The topological polar surface area (TPSA) is 52.4 Å². The minimum atomic E-state index is 0.682.